The van der Waals surface area contributed by atoms with Gasteiger partial charge in [-0.2, -0.15) is 0 Å². The number of rotatable bonds is 1. The highest BCUT2D eigenvalue weighted by Gasteiger charge is 2.51. The number of hydrogen-bond donors (Lipinski definition) is 0. The molecule has 0 N–H and O–H groups in total. The average molecular weight is 244 g/mol. The molecule has 1 aliphatic heterocycles. The van der Waals surface area contributed by atoms with Crippen molar-refractivity contribution in [2.24, 2.45) is 11.8 Å². The van der Waals surface area contributed by atoms with E-state index in [4.69, 9.17) is 4.74 Å². The molecule has 2 aliphatic rings. The summed E-state index contributed by atoms with van der Waals surface area (Å²) < 4.78 is 4.76. The van der Waals surface area contributed by atoms with Gasteiger partial charge in [-0.1, -0.05) is 37.3 Å². The number of esters is 2. The fourth-order valence-electron chi connectivity index (χ4n) is 3.29. The molecule has 1 aromatic rings. The Morgan fingerprint density at radius 1 is 1.11 bits per heavy atom. The van der Waals surface area contributed by atoms with E-state index in [-0.39, 0.29) is 29.2 Å². The van der Waals surface area contributed by atoms with Crippen LogP contribution in [-0.2, 0) is 19.7 Å². The van der Waals surface area contributed by atoms with Crippen molar-refractivity contribution in [1.82, 2.24) is 0 Å². The van der Waals surface area contributed by atoms with Gasteiger partial charge in [0.25, 0.3) is 0 Å². The molecule has 3 nitrogen and oxygen atoms in total. The molecule has 1 saturated carbocycles. The lowest BCUT2D eigenvalue weighted by molar-refractivity contribution is -0.153. The first-order chi connectivity index (χ1) is 8.60. The summed E-state index contributed by atoms with van der Waals surface area (Å²) in [7, 11) is 0. The highest BCUT2D eigenvalue weighted by molar-refractivity contribution is 5.96. The summed E-state index contributed by atoms with van der Waals surface area (Å²) in [6.45, 7) is 2.18. The monoisotopic (exact) mass is 244 g/mol. The molecular weight excluding hydrogens is 228 g/mol. The molecule has 18 heavy (non-hydrogen) atoms. The van der Waals surface area contributed by atoms with Gasteiger partial charge in [0, 0.05) is 0 Å². The molecule has 2 fully saturated rings. The first-order valence-electron chi connectivity index (χ1n) is 6.41. The lowest BCUT2D eigenvalue weighted by Gasteiger charge is -2.37. The van der Waals surface area contributed by atoms with Crippen LogP contribution in [0.5, 0.6) is 0 Å². The number of carbonyl (C=O) groups is 2. The zero-order valence-electron chi connectivity index (χ0n) is 10.4. The van der Waals surface area contributed by atoms with Crippen LogP contribution in [-0.4, -0.2) is 11.9 Å². The minimum atomic E-state index is -0.327. The van der Waals surface area contributed by atoms with Crippen molar-refractivity contribution in [1.29, 1.82) is 0 Å². The zero-order chi connectivity index (χ0) is 12.8. The summed E-state index contributed by atoms with van der Waals surface area (Å²) in [5, 5.41) is 0. The van der Waals surface area contributed by atoms with Crippen LogP contribution in [0.3, 0.4) is 0 Å². The highest BCUT2D eigenvalue weighted by Crippen LogP contribution is 2.47. The minimum Gasteiger partial charge on any atom is -0.393 e. The van der Waals surface area contributed by atoms with E-state index in [2.05, 4.69) is 19.1 Å². The summed E-state index contributed by atoms with van der Waals surface area (Å²) in [4.78, 5) is 23.2. The van der Waals surface area contributed by atoms with Gasteiger partial charge in [-0.25, -0.2) is 0 Å². The Bertz CT molecular complexity index is 494. The Balaban J connectivity index is 1.90. The molecule has 1 heterocycles. The summed E-state index contributed by atoms with van der Waals surface area (Å²) >= 11 is 0. The first kappa shape index (κ1) is 11.5. The van der Waals surface area contributed by atoms with Crippen LogP contribution in [0.2, 0.25) is 0 Å². The number of cyclic esters (lactones) is 2. The second-order valence-corrected chi connectivity index (χ2v) is 5.62. The summed E-state index contributed by atoms with van der Waals surface area (Å²) in [5.74, 6) is -1.09. The van der Waals surface area contributed by atoms with Crippen molar-refractivity contribution < 1.29 is 14.3 Å². The van der Waals surface area contributed by atoms with E-state index in [1.54, 1.807) is 0 Å². The predicted molar refractivity (Wildman–Crippen MR) is 65.7 cm³/mol. The van der Waals surface area contributed by atoms with Crippen molar-refractivity contribution in [2.75, 3.05) is 0 Å². The molecule has 0 unspecified atom stereocenters. The van der Waals surface area contributed by atoms with Gasteiger partial charge in [0.15, 0.2) is 0 Å². The minimum absolute atomic E-state index is 0.0218. The molecule has 0 radical (unpaired) electrons. The Morgan fingerprint density at radius 3 is 2.50 bits per heavy atom. The largest absolute Gasteiger partial charge is 0.393 e. The van der Waals surface area contributed by atoms with Crippen LogP contribution in [0.25, 0.3) is 0 Å². The maximum atomic E-state index is 11.7. The third-order valence-corrected chi connectivity index (χ3v) is 4.44. The first-order valence-corrected chi connectivity index (χ1v) is 6.41. The van der Waals surface area contributed by atoms with Gasteiger partial charge in [0.2, 0.25) is 0 Å². The maximum Gasteiger partial charge on any atom is 0.317 e. The molecule has 1 saturated heterocycles. The zero-order valence-corrected chi connectivity index (χ0v) is 10.4. The Morgan fingerprint density at radius 2 is 1.78 bits per heavy atom. The molecule has 0 spiro atoms. The topological polar surface area (TPSA) is 43.4 Å². The average Bonchev–Trinajstić information content (AvgIpc) is 2.65. The number of fused-ring (bicyclic) bond motifs is 1. The van der Waals surface area contributed by atoms with Gasteiger partial charge in [-0.3, -0.25) is 9.59 Å². The fraction of sp³-hybridized carbons (Fsp3) is 0.467. The standard InChI is InChI=1S/C15H16O3/c1-15(10-5-3-2-4-6-10)8-7-11-12(9-15)14(17)18-13(11)16/h2-6,11-12H,7-9H2,1H3/t11-,12-,15+/m1/s1. The van der Waals surface area contributed by atoms with E-state index in [9.17, 15) is 9.59 Å². The maximum absolute atomic E-state index is 11.7. The third-order valence-electron chi connectivity index (χ3n) is 4.44. The molecule has 0 bridgehead atoms. The van der Waals surface area contributed by atoms with Crippen molar-refractivity contribution >= 4 is 11.9 Å². The van der Waals surface area contributed by atoms with Gasteiger partial charge in [-0.15, -0.1) is 0 Å². The molecular formula is C15H16O3. The summed E-state index contributed by atoms with van der Waals surface area (Å²) in [5.41, 5.74) is 1.22. The summed E-state index contributed by atoms with van der Waals surface area (Å²) in [6, 6.07) is 10.2. The number of carbonyl (C=O) groups excluding carboxylic acids is 2. The Hall–Kier alpha value is -1.64. The molecule has 94 valence electrons. The van der Waals surface area contributed by atoms with Gasteiger partial charge in [0.1, 0.15) is 0 Å². The van der Waals surface area contributed by atoms with Crippen LogP contribution in [0.15, 0.2) is 30.3 Å². The molecule has 0 amide bonds. The molecule has 3 heteroatoms. The summed E-state index contributed by atoms with van der Waals surface area (Å²) in [6.07, 6.45) is 2.40. The molecule has 1 aliphatic carbocycles. The predicted octanol–water partition coefficient (Wildman–Crippen LogP) is 2.44. The molecule has 3 atom stereocenters. The Kier molecular flexibility index (Phi) is 2.51. The van der Waals surface area contributed by atoms with Crippen molar-refractivity contribution in [3.8, 4) is 0 Å². The Labute approximate surface area is 106 Å². The van der Waals surface area contributed by atoms with Gasteiger partial charge < -0.3 is 4.74 Å². The van der Waals surface area contributed by atoms with E-state index in [0.717, 1.165) is 12.8 Å². The number of benzene rings is 1. The quantitative estimate of drug-likeness (QED) is 0.563. The van der Waals surface area contributed by atoms with Crippen LogP contribution in [0, 0.1) is 11.8 Å². The molecule has 3 rings (SSSR count). The van der Waals surface area contributed by atoms with Crippen LogP contribution >= 0.6 is 0 Å². The van der Waals surface area contributed by atoms with E-state index in [0.29, 0.717) is 6.42 Å². The normalized spacial score (nSPS) is 35.2. The molecule has 1 aromatic carbocycles. The second-order valence-electron chi connectivity index (χ2n) is 5.62. The van der Waals surface area contributed by atoms with Crippen molar-refractivity contribution in [3.05, 3.63) is 35.9 Å². The van der Waals surface area contributed by atoms with E-state index < -0.39 is 0 Å². The van der Waals surface area contributed by atoms with E-state index in [1.807, 2.05) is 18.2 Å². The SMILES string of the molecule is C[C@]1(c2ccccc2)CC[C@H]2C(=O)OC(=O)[C@@H]2C1. The van der Waals surface area contributed by atoms with Gasteiger partial charge >= 0.3 is 11.9 Å². The van der Waals surface area contributed by atoms with E-state index >= 15 is 0 Å². The van der Waals surface area contributed by atoms with Crippen molar-refractivity contribution in [2.45, 2.75) is 31.6 Å². The van der Waals surface area contributed by atoms with Gasteiger partial charge in [-0.05, 0) is 30.2 Å². The highest BCUT2D eigenvalue weighted by atomic mass is 16.6. The second kappa shape index (κ2) is 3.94. The van der Waals surface area contributed by atoms with Crippen LogP contribution in [0.1, 0.15) is 31.7 Å². The lowest BCUT2D eigenvalue weighted by atomic mass is 9.64. The van der Waals surface area contributed by atoms with Gasteiger partial charge in [0.05, 0.1) is 11.8 Å². The van der Waals surface area contributed by atoms with E-state index in [1.165, 1.54) is 5.56 Å². The van der Waals surface area contributed by atoms with Crippen LogP contribution < -0.4 is 0 Å². The number of hydrogen-bond acceptors (Lipinski definition) is 3. The third kappa shape index (κ3) is 1.65. The smallest absolute Gasteiger partial charge is 0.317 e. The van der Waals surface area contributed by atoms with Crippen molar-refractivity contribution in [3.63, 3.8) is 0 Å². The fourth-order valence-corrected chi connectivity index (χ4v) is 3.29. The van der Waals surface area contributed by atoms with Crippen LogP contribution in [0.4, 0.5) is 0 Å². The molecule has 0 aromatic heterocycles. The lowest BCUT2D eigenvalue weighted by Crippen LogP contribution is -2.36. The number of ether oxygens (including phenoxy) is 1.